The Bertz CT molecular complexity index is 527. The fraction of sp³-hybridized carbons (Fsp3) is 0.467. The van der Waals surface area contributed by atoms with Crippen molar-refractivity contribution < 1.29 is 19.8 Å². The Labute approximate surface area is 117 Å². The number of hydrogen-bond donors (Lipinski definition) is 2. The number of carbonyl (C=O) groups excluding carboxylic acids is 1. The van der Waals surface area contributed by atoms with Crippen LogP contribution in [0.3, 0.4) is 0 Å². The van der Waals surface area contributed by atoms with Gasteiger partial charge in [-0.05, 0) is 43.4 Å². The van der Waals surface area contributed by atoms with Gasteiger partial charge in [-0.1, -0.05) is 6.07 Å². The molecule has 5 heteroatoms. The first-order chi connectivity index (χ1) is 9.47. The molecule has 2 N–H and O–H groups in total. The molecule has 0 aromatic heterocycles. The Kier molecular flexibility index (Phi) is 4.27. The van der Waals surface area contributed by atoms with Crippen LogP contribution in [0.15, 0.2) is 18.2 Å². The van der Waals surface area contributed by atoms with E-state index < -0.39 is 5.97 Å². The van der Waals surface area contributed by atoms with Gasteiger partial charge in [-0.2, -0.15) is 0 Å². The molecule has 1 heterocycles. The molecule has 2 rings (SSSR count). The number of phenolic OH excluding ortho intramolecular Hbond substituents is 1. The molecule has 5 nitrogen and oxygen atoms in total. The van der Waals surface area contributed by atoms with Crippen molar-refractivity contribution in [3.05, 3.63) is 29.3 Å². The van der Waals surface area contributed by atoms with Gasteiger partial charge in [0, 0.05) is 25.1 Å². The molecule has 1 unspecified atom stereocenters. The Hall–Kier alpha value is -2.04. The van der Waals surface area contributed by atoms with Crippen molar-refractivity contribution in [2.24, 2.45) is 5.92 Å². The average Bonchev–Trinajstić information content (AvgIpc) is 2.87. The first-order valence-electron chi connectivity index (χ1n) is 6.78. The Morgan fingerprint density at radius 2 is 2.15 bits per heavy atom. The third-order valence-electron chi connectivity index (χ3n) is 3.80. The summed E-state index contributed by atoms with van der Waals surface area (Å²) in [4.78, 5) is 24.6. The molecule has 1 saturated heterocycles. The standard InChI is InChI=1S/C15H19NO4/c1-10-2-4-12(8-13(10)17)15(20)16-7-6-11(9-16)3-5-14(18)19/h2,4,8,11,17H,3,5-7,9H2,1H3,(H,18,19). The summed E-state index contributed by atoms with van der Waals surface area (Å²) in [5.41, 5.74) is 1.22. The number of carbonyl (C=O) groups is 2. The zero-order valence-electron chi connectivity index (χ0n) is 11.5. The lowest BCUT2D eigenvalue weighted by Crippen LogP contribution is -2.28. The first kappa shape index (κ1) is 14.4. The van der Waals surface area contributed by atoms with E-state index in [4.69, 9.17) is 5.11 Å². The molecule has 1 atom stereocenters. The Morgan fingerprint density at radius 3 is 2.80 bits per heavy atom. The maximum absolute atomic E-state index is 12.3. The zero-order valence-corrected chi connectivity index (χ0v) is 11.5. The predicted octanol–water partition coefficient (Wildman–Crippen LogP) is 2.03. The van der Waals surface area contributed by atoms with Gasteiger partial charge in [-0.15, -0.1) is 0 Å². The van der Waals surface area contributed by atoms with Crippen molar-refractivity contribution in [2.75, 3.05) is 13.1 Å². The SMILES string of the molecule is Cc1ccc(C(=O)N2CCC(CCC(=O)O)C2)cc1O. The second-order valence-corrected chi connectivity index (χ2v) is 5.34. The summed E-state index contributed by atoms with van der Waals surface area (Å²) in [7, 11) is 0. The van der Waals surface area contributed by atoms with E-state index >= 15 is 0 Å². The van der Waals surface area contributed by atoms with E-state index in [-0.39, 0.29) is 24.0 Å². The van der Waals surface area contributed by atoms with Crippen LogP contribution in [0.5, 0.6) is 5.75 Å². The fourth-order valence-electron chi connectivity index (χ4n) is 2.51. The lowest BCUT2D eigenvalue weighted by molar-refractivity contribution is -0.137. The van der Waals surface area contributed by atoms with Crippen LogP contribution in [0.25, 0.3) is 0 Å². The van der Waals surface area contributed by atoms with Gasteiger partial charge in [-0.25, -0.2) is 0 Å². The van der Waals surface area contributed by atoms with E-state index in [1.807, 2.05) is 0 Å². The van der Waals surface area contributed by atoms with Gasteiger partial charge >= 0.3 is 5.97 Å². The summed E-state index contributed by atoms with van der Waals surface area (Å²) in [5.74, 6) is -0.511. The summed E-state index contributed by atoms with van der Waals surface area (Å²) in [5, 5.41) is 18.3. The van der Waals surface area contributed by atoms with Gasteiger partial charge in [0.2, 0.25) is 0 Å². The molecule has 0 bridgehead atoms. The number of aliphatic carboxylic acids is 1. The lowest BCUT2D eigenvalue weighted by Gasteiger charge is -2.17. The molecule has 1 aromatic rings. The number of hydrogen-bond acceptors (Lipinski definition) is 3. The smallest absolute Gasteiger partial charge is 0.303 e. The van der Waals surface area contributed by atoms with Gasteiger partial charge < -0.3 is 15.1 Å². The van der Waals surface area contributed by atoms with Gasteiger partial charge in [0.25, 0.3) is 5.91 Å². The summed E-state index contributed by atoms with van der Waals surface area (Å²) >= 11 is 0. The van der Waals surface area contributed by atoms with Crippen LogP contribution in [-0.4, -0.2) is 40.1 Å². The highest BCUT2D eigenvalue weighted by molar-refractivity contribution is 5.94. The largest absolute Gasteiger partial charge is 0.508 e. The number of aryl methyl sites for hydroxylation is 1. The normalized spacial score (nSPS) is 18.2. The number of carboxylic acid groups (broad SMARTS) is 1. The summed E-state index contributed by atoms with van der Waals surface area (Å²) < 4.78 is 0. The van der Waals surface area contributed by atoms with Crippen LogP contribution in [0.1, 0.15) is 35.2 Å². The quantitative estimate of drug-likeness (QED) is 0.882. The van der Waals surface area contributed by atoms with Gasteiger partial charge in [0.1, 0.15) is 5.75 Å². The van der Waals surface area contributed by atoms with E-state index in [1.54, 1.807) is 24.0 Å². The summed E-state index contributed by atoms with van der Waals surface area (Å²) in [6, 6.07) is 4.92. The Morgan fingerprint density at radius 1 is 1.40 bits per heavy atom. The number of aromatic hydroxyl groups is 1. The second-order valence-electron chi connectivity index (χ2n) is 5.34. The van der Waals surface area contributed by atoms with Crippen molar-refractivity contribution in [1.82, 2.24) is 4.90 Å². The van der Waals surface area contributed by atoms with E-state index in [1.165, 1.54) is 6.07 Å². The second kappa shape index (κ2) is 5.94. The van der Waals surface area contributed by atoms with Crippen LogP contribution in [0, 0.1) is 12.8 Å². The maximum atomic E-state index is 12.3. The van der Waals surface area contributed by atoms with E-state index in [2.05, 4.69) is 0 Å². The molecule has 1 fully saturated rings. The molecular weight excluding hydrogens is 258 g/mol. The van der Waals surface area contributed by atoms with Gasteiger partial charge in [-0.3, -0.25) is 9.59 Å². The molecule has 1 aromatic carbocycles. The zero-order chi connectivity index (χ0) is 14.7. The lowest BCUT2D eigenvalue weighted by atomic mass is 10.0. The van der Waals surface area contributed by atoms with Crippen LogP contribution in [0.4, 0.5) is 0 Å². The monoisotopic (exact) mass is 277 g/mol. The highest BCUT2D eigenvalue weighted by Gasteiger charge is 2.27. The molecule has 1 amide bonds. The number of amides is 1. The molecule has 108 valence electrons. The topological polar surface area (TPSA) is 77.8 Å². The fourth-order valence-corrected chi connectivity index (χ4v) is 2.51. The third-order valence-corrected chi connectivity index (χ3v) is 3.80. The van der Waals surface area contributed by atoms with Crippen LogP contribution >= 0.6 is 0 Å². The molecule has 0 spiro atoms. The third kappa shape index (κ3) is 3.29. The van der Waals surface area contributed by atoms with E-state index in [0.717, 1.165) is 12.0 Å². The maximum Gasteiger partial charge on any atom is 0.303 e. The molecule has 20 heavy (non-hydrogen) atoms. The molecule has 0 aliphatic carbocycles. The molecule has 1 aliphatic heterocycles. The molecular formula is C15H19NO4. The highest BCUT2D eigenvalue weighted by Crippen LogP contribution is 2.24. The number of carboxylic acids is 1. The van der Waals surface area contributed by atoms with Crippen molar-refractivity contribution in [2.45, 2.75) is 26.2 Å². The van der Waals surface area contributed by atoms with Crippen LogP contribution < -0.4 is 0 Å². The van der Waals surface area contributed by atoms with Crippen molar-refractivity contribution in [3.63, 3.8) is 0 Å². The average molecular weight is 277 g/mol. The molecule has 0 radical (unpaired) electrons. The minimum atomic E-state index is -0.793. The van der Waals surface area contributed by atoms with Crippen molar-refractivity contribution >= 4 is 11.9 Å². The minimum absolute atomic E-state index is 0.0990. The molecule has 0 saturated carbocycles. The number of likely N-dealkylation sites (tertiary alicyclic amines) is 1. The number of phenols is 1. The Balaban J connectivity index is 1.97. The highest BCUT2D eigenvalue weighted by atomic mass is 16.4. The van der Waals surface area contributed by atoms with E-state index in [9.17, 15) is 14.7 Å². The number of nitrogens with zero attached hydrogens (tertiary/aromatic N) is 1. The van der Waals surface area contributed by atoms with Crippen molar-refractivity contribution in [3.8, 4) is 5.75 Å². The summed E-state index contributed by atoms with van der Waals surface area (Å²) in [6.07, 6.45) is 1.60. The number of rotatable bonds is 4. The summed E-state index contributed by atoms with van der Waals surface area (Å²) in [6.45, 7) is 3.03. The van der Waals surface area contributed by atoms with Crippen molar-refractivity contribution in [1.29, 1.82) is 0 Å². The number of benzene rings is 1. The van der Waals surface area contributed by atoms with Crippen LogP contribution in [-0.2, 0) is 4.79 Å². The van der Waals surface area contributed by atoms with E-state index in [0.29, 0.717) is 25.1 Å². The first-order valence-corrected chi connectivity index (χ1v) is 6.78. The van der Waals surface area contributed by atoms with Crippen LogP contribution in [0.2, 0.25) is 0 Å². The minimum Gasteiger partial charge on any atom is -0.508 e. The van der Waals surface area contributed by atoms with Gasteiger partial charge in [0.05, 0.1) is 0 Å². The molecule has 1 aliphatic rings. The predicted molar refractivity (Wildman–Crippen MR) is 73.7 cm³/mol. The van der Waals surface area contributed by atoms with Gasteiger partial charge in [0.15, 0.2) is 0 Å².